The fourth-order valence-electron chi connectivity index (χ4n) is 2.41. The number of amidine groups is 1. The molecule has 0 radical (unpaired) electrons. The van der Waals surface area contributed by atoms with E-state index in [0.29, 0.717) is 26.1 Å². The first-order valence-electron chi connectivity index (χ1n) is 7.02. The third-order valence-electron chi connectivity index (χ3n) is 3.58. The molecule has 1 aliphatic carbocycles. The second-order valence-corrected chi connectivity index (χ2v) is 6.18. The van der Waals surface area contributed by atoms with Gasteiger partial charge in [-0.1, -0.05) is 5.16 Å². The Kier molecular flexibility index (Phi) is 5.58. The van der Waals surface area contributed by atoms with Crippen molar-refractivity contribution in [1.29, 1.82) is 0 Å². The predicted octanol–water partition coefficient (Wildman–Crippen LogP) is 1.46. The Morgan fingerprint density at radius 3 is 3.00 bits per heavy atom. The molecule has 0 unspecified atom stereocenters. The number of hydrogen-bond donors (Lipinski definition) is 2. The number of oxime groups is 1. The summed E-state index contributed by atoms with van der Waals surface area (Å²) in [6, 6.07) is 2.01. The molecule has 0 saturated heterocycles. The molecule has 21 heavy (non-hydrogen) atoms. The standard InChI is InChI=1S/C14H21N3O3S/c1-20-8-7-17(6-5-13(15)16-19)14(18)12-9-10-3-2-4-11(10)21-12/h9,19H,2-8H2,1H3,(H2,15,16). The van der Waals surface area contributed by atoms with Crippen molar-refractivity contribution in [3.8, 4) is 0 Å². The summed E-state index contributed by atoms with van der Waals surface area (Å²) in [6.45, 7) is 1.38. The highest BCUT2D eigenvalue weighted by atomic mass is 32.1. The number of carbonyl (C=O) groups excluding carboxylic acids is 1. The lowest BCUT2D eigenvalue weighted by Crippen LogP contribution is -2.36. The first-order valence-corrected chi connectivity index (χ1v) is 7.83. The summed E-state index contributed by atoms with van der Waals surface area (Å²) in [5.41, 5.74) is 6.79. The molecule has 1 aliphatic rings. The van der Waals surface area contributed by atoms with E-state index in [9.17, 15) is 4.79 Å². The summed E-state index contributed by atoms with van der Waals surface area (Å²) in [5, 5.41) is 11.5. The van der Waals surface area contributed by atoms with Crippen molar-refractivity contribution in [3.05, 3.63) is 21.4 Å². The molecule has 1 heterocycles. The number of aryl methyl sites for hydroxylation is 2. The maximum Gasteiger partial charge on any atom is 0.264 e. The lowest BCUT2D eigenvalue weighted by atomic mass is 10.2. The highest BCUT2D eigenvalue weighted by Gasteiger charge is 2.22. The maximum absolute atomic E-state index is 12.6. The quantitative estimate of drug-likeness (QED) is 0.345. The molecule has 7 heteroatoms. The molecule has 0 aromatic carbocycles. The number of carbonyl (C=O) groups is 1. The van der Waals surface area contributed by atoms with Crippen molar-refractivity contribution < 1.29 is 14.7 Å². The van der Waals surface area contributed by atoms with Crippen molar-refractivity contribution in [2.75, 3.05) is 26.8 Å². The molecule has 0 saturated carbocycles. The second-order valence-electron chi connectivity index (χ2n) is 5.04. The molecule has 2 rings (SSSR count). The Hall–Kier alpha value is -1.60. The van der Waals surface area contributed by atoms with Gasteiger partial charge in [-0.15, -0.1) is 11.3 Å². The van der Waals surface area contributed by atoms with Crippen LogP contribution in [0.4, 0.5) is 0 Å². The Balaban J connectivity index is 2.04. The third-order valence-corrected chi connectivity index (χ3v) is 4.80. The molecule has 0 fully saturated rings. The van der Waals surface area contributed by atoms with Crippen LogP contribution >= 0.6 is 11.3 Å². The smallest absolute Gasteiger partial charge is 0.264 e. The number of hydrogen-bond acceptors (Lipinski definition) is 5. The van der Waals surface area contributed by atoms with Crippen LogP contribution in [0.15, 0.2) is 11.2 Å². The van der Waals surface area contributed by atoms with E-state index < -0.39 is 0 Å². The fourth-order valence-corrected chi connectivity index (χ4v) is 3.63. The lowest BCUT2D eigenvalue weighted by Gasteiger charge is -2.21. The van der Waals surface area contributed by atoms with E-state index in [4.69, 9.17) is 15.7 Å². The van der Waals surface area contributed by atoms with Crippen molar-refractivity contribution >= 4 is 23.1 Å². The topological polar surface area (TPSA) is 88.2 Å². The van der Waals surface area contributed by atoms with Gasteiger partial charge >= 0.3 is 0 Å². The summed E-state index contributed by atoms with van der Waals surface area (Å²) >= 11 is 1.59. The van der Waals surface area contributed by atoms with E-state index in [1.165, 1.54) is 16.9 Å². The predicted molar refractivity (Wildman–Crippen MR) is 82.1 cm³/mol. The molecule has 6 nitrogen and oxygen atoms in total. The van der Waals surface area contributed by atoms with Crippen LogP contribution in [0.5, 0.6) is 0 Å². The van der Waals surface area contributed by atoms with E-state index in [0.717, 1.165) is 17.7 Å². The molecular formula is C14H21N3O3S. The van der Waals surface area contributed by atoms with Crippen LogP contribution in [-0.4, -0.2) is 48.7 Å². The minimum absolute atomic E-state index is 0.00260. The van der Waals surface area contributed by atoms with Gasteiger partial charge in [0.25, 0.3) is 5.91 Å². The van der Waals surface area contributed by atoms with Crippen molar-refractivity contribution in [2.24, 2.45) is 10.9 Å². The van der Waals surface area contributed by atoms with E-state index in [1.807, 2.05) is 6.07 Å². The van der Waals surface area contributed by atoms with Crippen molar-refractivity contribution in [3.63, 3.8) is 0 Å². The molecule has 116 valence electrons. The molecule has 1 aromatic rings. The van der Waals surface area contributed by atoms with Crippen molar-refractivity contribution in [1.82, 2.24) is 4.90 Å². The molecule has 0 spiro atoms. The van der Waals surface area contributed by atoms with Crippen LogP contribution < -0.4 is 5.73 Å². The number of thiophene rings is 1. The largest absolute Gasteiger partial charge is 0.409 e. The molecule has 1 amide bonds. The van der Waals surface area contributed by atoms with Gasteiger partial charge in [0.05, 0.1) is 11.5 Å². The van der Waals surface area contributed by atoms with Gasteiger partial charge in [0, 0.05) is 31.5 Å². The fraction of sp³-hybridized carbons (Fsp3) is 0.571. The molecule has 0 atom stereocenters. The zero-order valence-electron chi connectivity index (χ0n) is 12.2. The number of methoxy groups -OCH3 is 1. The first-order chi connectivity index (χ1) is 10.2. The van der Waals surface area contributed by atoms with Gasteiger partial charge in [-0.05, 0) is 30.9 Å². The summed E-state index contributed by atoms with van der Waals surface area (Å²) in [7, 11) is 1.60. The number of nitrogens with two attached hydrogens (primary N) is 1. The summed E-state index contributed by atoms with van der Waals surface area (Å²) < 4.78 is 5.05. The molecule has 3 N–H and O–H groups in total. The van der Waals surface area contributed by atoms with Crippen molar-refractivity contribution in [2.45, 2.75) is 25.7 Å². The Morgan fingerprint density at radius 2 is 2.33 bits per heavy atom. The monoisotopic (exact) mass is 311 g/mol. The highest BCUT2D eigenvalue weighted by Crippen LogP contribution is 2.31. The number of ether oxygens (including phenoxy) is 1. The number of nitrogens with zero attached hydrogens (tertiary/aromatic N) is 2. The van der Waals surface area contributed by atoms with Crippen LogP contribution in [0.3, 0.4) is 0 Å². The zero-order valence-corrected chi connectivity index (χ0v) is 13.0. The van der Waals surface area contributed by atoms with Crippen LogP contribution in [0, 0.1) is 0 Å². The maximum atomic E-state index is 12.6. The summed E-state index contributed by atoms with van der Waals surface area (Å²) in [6.07, 6.45) is 3.68. The average molecular weight is 311 g/mol. The van der Waals surface area contributed by atoms with E-state index >= 15 is 0 Å². The lowest BCUT2D eigenvalue weighted by molar-refractivity contribution is 0.0705. The average Bonchev–Trinajstić information content (AvgIpc) is 3.07. The molecular weight excluding hydrogens is 290 g/mol. The van der Waals surface area contributed by atoms with Crippen LogP contribution in [-0.2, 0) is 17.6 Å². The van der Waals surface area contributed by atoms with Crippen LogP contribution in [0.1, 0.15) is 33.0 Å². The van der Waals surface area contributed by atoms with Gasteiger partial charge in [-0.2, -0.15) is 0 Å². The van der Waals surface area contributed by atoms with Crippen LogP contribution in [0.25, 0.3) is 0 Å². The SMILES string of the molecule is COCCN(CCC(N)=NO)C(=O)c1cc2c(s1)CCC2. The van der Waals surface area contributed by atoms with E-state index in [1.54, 1.807) is 23.3 Å². The zero-order chi connectivity index (χ0) is 15.2. The van der Waals surface area contributed by atoms with Crippen LogP contribution in [0.2, 0.25) is 0 Å². The minimum atomic E-state index is -0.00260. The van der Waals surface area contributed by atoms with Gasteiger partial charge in [0.2, 0.25) is 0 Å². The first kappa shape index (κ1) is 15.8. The summed E-state index contributed by atoms with van der Waals surface area (Å²) in [5.74, 6) is 0.121. The Labute approximate surface area is 128 Å². The van der Waals surface area contributed by atoms with Gasteiger partial charge in [-0.3, -0.25) is 4.79 Å². The van der Waals surface area contributed by atoms with E-state index in [-0.39, 0.29) is 11.7 Å². The number of rotatable bonds is 7. The molecule has 0 bridgehead atoms. The highest BCUT2D eigenvalue weighted by molar-refractivity contribution is 7.14. The molecule has 1 aromatic heterocycles. The van der Waals surface area contributed by atoms with E-state index in [2.05, 4.69) is 5.16 Å². The number of fused-ring (bicyclic) bond motifs is 1. The van der Waals surface area contributed by atoms with Gasteiger partial charge in [0.15, 0.2) is 0 Å². The Morgan fingerprint density at radius 1 is 1.52 bits per heavy atom. The molecule has 0 aliphatic heterocycles. The normalized spacial score (nSPS) is 14.2. The van der Waals surface area contributed by atoms with Gasteiger partial charge in [0.1, 0.15) is 5.84 Å². The van der Waals surface area contributed by atoms with Gasteiger partial charge in [-0.25, -0.2) is 0 Å². The summed E-state index contributed by atoms with van der Waals surface area (Å²) in [4.78, 5) is 16.4. The minimum Gasteiger partial charge on any atom is -0.409 e. The Bertz CT molecular complexity index is 506. The second kappa shape index (κ2) is 7.42. The van der Waals surface area contributed by atoms with Gasteiger partial charge < -0.3 is 20.6 Å². The number of amides is 1. The third kappa shape index (κ3) is 3.95.